The normalized spacial score (nSPS) is 12.0. The van der Waals surface area contributed by atoms with E-state index in [0.29, 0.717) is 0 Å². The Morgan fingerprint density at radius 2 is 0.933 bits per heavy atom. The Labute approximate surface area is 95.8 Å². The van der Waals surface area contributed by atoms with Crippen LogP contribution < -0.4 is 11.9 Å². The summed E-state index contributed by atoms with van der Waals surface area (Å²) in [7, 11) is 0. The van der Waals surface area contributed by atoms with Crippen molar-refractivity contribution < 1.29 is 11.0 Å². The molecular weight excluding hydrogens is 192 g/mol. The molecule has 1 aliphatic rings. The van der Waals surface area contributed by atoms with Crippen molar-refractivity contribution in [1.29, 1.82) is 0 Å². The number of hydrogen-bond acceptors (Lipinski definition) is 2. The van der Waals surface area contributed by atoms with Crippen LogP contribution in [0.15, 0.2) is 0 Å². The average molecular weight is 226 g/mol. The van der Waals surface area contributed by atoms with Crippen molar-refractivity contribution in [2.75, 3.05) is 6.54 Å². The summed E-state index contributed by atoms with van der Waals surface area (Å²) in [5, 5.41) is 0. The maximum absolute atomic E-state index is 5.03. The van der Waals surface area contributed by atoms with Crippen LogP contribution in [0.3, 0.4) is 0 Å². The molecule has 1 aliphatic carbocycles. The van der Waals surface area contributed by atoms with Gasteiger partial charge >= 0.3 is 0 Å². The molecule has 0 saturated heterocycles. The third-order valence-corrected chi connectivity index (χ3v) is 1.79. The van der Waals surface area contributed by atoms with Crippen LogP contribution in [0.2, 0.25) is 0 Å². The summed E-state index contributed by atoms with van der Waals surface area (Å²) in [6.07, 6.45) is 10.1. The number of hydrogen-bond donors (Lipinski definition) is 2. The summed E-state index contributed by atoms with van der Waals surface area (Å²) >= 11 is 0. The van der Waals surface area contributed by atoms with Crippen LogP contribution in [0.25, 0.3) is 0 Å². The van der Waals surface area contributed by atoms with E-state index in [0.717, 1.165) is 13.0 Å². The van der Waals surface area contributed by atoms with E-state index in [1.807, 2.05) is 13.8 Å². The van der Waals surface area contributed by atoms with Gasteiger partial charge in [-0.2, -0.15) is 0 Å². The molecule has 0 radical (unpaired) electrons. The van der Waals surface area contributed by atoms with E-state index in [4.69, 9.17) is 5.73 Å². The molecule has 4 nitrogen and oxygen atoms in total. The largest absolute Gasteiger partial charge is 0.412 e. The van der Waals surface area contributed by atoms with Crippen LogP contribution in [0.1, 0.15) is 65.7 Å². The molecule has 0 aromatic heterocycles. The van der Waals surface area contributed by atoms with Gasteiger partial charge < -0.3 is 22.8 Å². The highest BCUT2D eigenvalue weighted by Crippen LogP contribution is 2.15. The highest BCUT2D eigenvalue weighted by Gasteiger charge is 1.95. The summed E-state index contributed by atoms with van der Waals surface area (Å²) < 4.78 is 0. The highest BCUT2D eigenvalue weighted by atomic mass is 16.0. The first-order valence-corrected chi connectivity index (χ1v) is 5.62. The van der Waals surface area contributed by atoms with E-state index in [1.165, 1.54) is 38.5 Å². The van der Waals surface area contributed by atoms with Crippen molar-refractivity contribution in [3.8, 4) is 0 Å². The SMILES string of the molecule is C1CCCCC1.CC.CCCN.N.O.O. The molecule has 0 aliphatic heterocycles. The van der Waals surface area contributed by atoms with Gasteiger partial charge in [-0.15, -0.1) is 0 Å². The first kappa shape index (κ1) is 29.4. The third-order valence-electron chi connectivity index (χ3n) is 1.79. The van der Waals surface area contributed by atoms with Gasteiger partial charge in [0.2, 0.25) is 0 Å². The monoisotopic (exact) mass is 226 g/mol. The first-order valence-electron chi connectivity index (χ1n) is 5.62. The molecule has 1 saturated carbocycles. The topological polar surface area (TPSA) is 124 Å². The van der Waals surface area contributed by atoms with Crippen LogP contribution in [0.4, 0.5) is 0 Å². The second-order valence-electron chi connectivity index (χ2n) is 2.91. The van der Waals surface area contributed by atoms with Crippen LogP contribution in [-0.2, 0) is 0 Å². The van der Waals surface area contributed by atoms with E-state index in [2.05, 4.69) is 6.92 Å². The van der Waals surface area contributed by atoms with Gasteiger partial charge in [0.15, 0.2) is 0 Å². The molecule has 0 spiro atoms. The second kappa shape index (κ2) is 37.1. The zero-order valence-electron chi connectivity index (χ0n) is 10.9. The van der Waals surface area contributed by atoms with Gasteiger partial charge in [-0.3, -0.25) is 0 Å². The second-order valence-corrected chi connectivity index (χ2v) is 2.91. The molecular formula is C11H34N2O2. The van der Waals surface area contributed by atoms with E-state index in [1.54, 1.807) is 0 Å². The lowest BCUT2D eigenvalue weighted by Gasteiger charge is -2.05. The summed E-state index contributed by atoms with van der Waals surface area (Å²) in [5.41, 5.74) is 5.03. The van der Waals surface area contributed by atoms with Gasteiger partial charge in [0.05, 0.1) is 0 Å². The van der Waals surface area contributed by atoms with Crippen molar-refractivity contribution in [2.45, 2.75) is 65.7 Å². The lowest BCUT2D eigenvalue weighted by Crippen LogP contribution is -1.93. The fraction of sp³-hybridized carbons (Fsp3) is 1.00. The van der Waals surface area contributed by atoms with Gasteiger partial charge in [0.1, 0.15) is 0 Å². The average Bonchev–Trinajstić information content (AvgIpc) is 2.24. The van der Waals surface area contributed by atoms with Crippen molar-refractivity contribution >= 4 is 0 Å². The minimum absolute atomic E-state index is 0. The molecule has 9 N–H and O–H groups in total. The molecule has 0 aromatic carbocycles. The van der Waals surface area contributed by atoms with Gasteiger partial charge in [-0.1, -0.05) is 59.3 Å². The van der Waals surface area contributed by atoms with E-state index in [-0.39, 0.29) is 17.1 Å². The van der Waals surface area contributed by atoms with Crippen LogP contribution in [0.5, 0.6) is 0 Å². The maximum Gasteiger partial charge on any atom is -0.00799 e. The molecule has 15 heavy (non-hydrogen) atoms. The fourth-order valence-electron chi connectivity index (χ4n) is 1.06. The Balaban J connectivity index is -0.0000000339. The number of nitrogens with two attached hydrogens (primary N) is 1. The Hall–Kier alpha value is -0.160. The predicted octanol–water partition coefficient (Wildman–Crippen LogP) is 2.23. The summed E-state index contributed by atoms with van der Waals surface area (Å²) in [6, 6.07) is 0. The maximum atomic E-state index is 5.03. The molecule has 100 valence electrons. The highest BCUT2D eigenvalue weighted by molar-refractivity contribution is 4.51. The van der Waals surface area contributed by atoms with Crippen LogP contribution in [-0.4, -0.2) is 17.5 Å². The van der Waals surface area contributed by atoms with Gasteiger partial charge in [-0.05, 0) is 13.0 Å². The molecule has 0 unspecified atom stereocenters. The van der Waals surface area contributed by atoms with Crippen molar-refractivity contribution in [2.24, 2.45) is 5.73 Å². The molecule has 0 aromatic rings. The van der Waals surface area contributed by atoms with Gasteiger partial charge in [0.25, 0.3) is 0 Å². The van der Waals surface area contributed by atoms with Crippen molar-refractivity contribution in [1.82, 2.24) is 6.15 Å². The summed E-state index contributed by atoms with van der Waals surface area (Å²) in [5.74, 6) is 0. The molecule has 1 rings (SSSR count). The minimum Gasteiger partial charge on any atom is -0.412 e. The first-order chi connectivity index (χ1) is 5.91. The van der Waals surface area contributed by atoms with Crippen LogP contribution >= 0.6 is 0 Å². The zero-order valence-corrected chi connectivity index (χ0v) is 10.9. The molecule has 0 atom stereocenters. The van der Waals surface area contributed by atoms with Gasteiger partial charge in [0, 0.05) is 0 Å². The lowest BCUT2D eigenvalue weighted by molar-refractivity contribution is 0.504. The molecule has 0 bridgehead atoms. The van der Waals surface area contributed by atoms with E-state index in [9.17, 15) is 0 Å². The Bertz CT molecular complexity index is 47.0. The molecule has 4 heteroatoms. The lowest BCUT2D eigenvalue weighted by atomic mass is 10.0. The van der Waals surface area contributed by atoms with Crippen molar-refractivity contribution in [3.63, 3.8) is 0 Å². The van der Waals surface area contributed by atoms with E-state index < -0.39 is 0 Å². The molecule has 1 fully saturated rings. The Kier molecular flexibility index (Phi) is 72.7. The molecule has 0 heterocycles. The smallest absolute Gasteiger partial charge is 0.00799 e. The Morgan fingerprint density at radius 3 is 1.00 bits per heavy atom. The minimum atomic E-state index is 0. The van der Waals surface area contributed by atoms with Crippen molar-refractivity contribution in [3.05, 3.63) is 0 Å². The van der Waals surface area contributed by atoms with E-state index >= 15 is 0 Å². The standard InChI is InChI=1S/C6H12.C3H9N.C2H6.H3N.2H2O/c1-2-4-6-5-3-1;1-2-3-4;1-2;;;/h1-6H2;2-4H2,1H3;1-2H3;1H3;2*1H2. The zero-order chi connectivity index (χ0) is 9.66. The Morgan fingerprint density at radius 1 is 0.800 bits per heavy atom. The fourth-order valence-corrected chi connectivity index (χ4v) is 1.06. The summed E-state index contributed by atoms with van der Waals surface area (Å²) in [4.78, 5) is 0. The summed E-state index contributed by atoms with van der Waals surface area (Å²) in [6.45, 7) is 6.88. The predicted molar refractivity (Wildman–Crippen MR) is 70.6 cm³/mol. The quantitative estimate of drug-likeness (QED) is 0.711. The third kappa shape index (κ3) is 41.5. The molecule has 0 amide bonds. The van der Waals surface area contributed by atoms with Gasteiger partial charge in [-0.25, -0.2) is 0 Å². The van der Waals surface area contributed by atoms with Crippen LogP contribution in [0, 0.1) is 0 Å². The number of rotatable bonds is 1.